The summed E-state index contributed by atoms with van der Waals surface area (Å²) < 4.78 is 6.14. The Labute approximate surface area is 141 Å². The van der Waals surface area contributed by atoms with Gasteiger partial charge in [-0.1, -0.05) is 48.0 Å². The van der Waals surface area contributed by atoms with Gasteiger partial charge in [0.05, 0.1) is 12.6 Å². The molecule has 1 aromatic carbocycles. The van der Waals surface area contributed by atoms with E-state index >= 15 is 0 Å². The van der Waals surface area contributed by atoms with Gasteiger partial charge < -0.3 is 10.0 Å². The Morgan fingerprint density at radius 3 is 2.62 bits per heavy atom. The first kappa shape index (κ1) is 16.7. The molecule has 1 aliphatic heterocycles. The molecule has 2 heterocycles. The van der Waals surface area contributed by atoms with E-state index in [1.807, 2.05) is 36.4 Å². The number of piperidine rings is 1. The van der Waals surface area contributed by atoms with Crippen molar-refractivity contribution < 1.29 is 9.63 Å². The van der Waals surface area contributed by atoms with E-state index in [2.05, 4.69) is 10.1 Å². The summed E-state index contributed by atoms with van der Waals surface area (Å²) in [7, 11) is 0. The third kappa shape index (κ3) is 4.43. The standard InChI is InChI=1S/C18H23N3O3/c22-16(13-20-11-5-2-6-12-20)14-21-17(19-24-18(21)23)10-9-15-7-3-1-4-8-15/h1,3-4,7-10,16,22H,2,5-6,11-14H2. The minimum absolute atomic E-state index is 0.188. The van der Waals surface area contributed by atoms with Crippen molar-refractivity contribution in [3.8, 4) is 0 Å². The summed E-state index contributed by atoms with van der Waals surface area (Å²) in [5.41, 5.74) is 1.01. The normalized spacial score (nSPS) is 17.4. The Morgan fingerprint density at radius 2 is 1.88 bits per heavy atom. The topological polar surface area (TPSA) is 71.5 Å². The average molecular weight is 329 g/mol. The van der Waals surface area contributed by atoms with Gasteiger partial charge in [-0.2, -0.15) is 0 Å². The van der Waals surface area contributed by atoms with Crippen molar-refractivity contribution in [2.24, 2.45) is 0 Å². The molecule has 2 aromatic rings. The molecule has 0 spiro atoms. The van der Waals surface area contributed by atoms with Gasteiger partial charge in [0.15, 0.2) is 5.82 Å². The van der Waals surface area contributed by atoms with E-state index in [1.54, 1.807) is 6.08 Å². The number of aliphatic hydroxyl groups excluding tert-OH is 1. The summed E-state index contributed by atoms with van der Waals surface area (Å²) in [6.45, 7) is 2.78. The molecule has 24 heavy (non-hydrogen) atoms. The zero-order valence-electron chi connectivity index (χ0n) is 13.7. The lowest BCUT2D eigenvalue weighted by Gasteiger charge is -2.28. The number of hydrogen-bond donors (Lipinski definition) is 1. The summed E-state index contributed by atoms with van der Waals surface area (Å²) >= 11 is 0. The van der Waals surface area contributed by atoms with Gasteiger partial charge >= 0.3 is 5.76 Å². The second-order valence-electron chi connectivity index (χ2n) is 6.18. The number of rotatable bonds is 6. The fraction of sp³-hybridized carbons (Fsp3) is 0.444. The maximum absolute atomic E-state index is 11.9. The van der Waals surface area contributed by atoms with E-state index in [4.69, 9.17) is 4.52 Å². The van der Waals surface area contributed by atoms with E-state index < -0.39 is 11.9 Å². The van der Waals surface area contributed by atoms with Crippen LogP contribution in [0.15, 0.2) is 39.6 Å². The molecule has 1 N–H and O–H groups in total. The quantitative estimate of drug-likeness (QED) is 0.876. The lowest BCUT2D eigenvalue weighted by atomic mass is 10.1. The first-order valence-corrected chi connectivity index (χ1v) is 8.42. The smallest absolute Gasteiger partial charge is 0.390 e. The van der Waals surface area contributed by atoms with Crippen LogP contribution >= 0.6 is 0 Å². The van der Waals surface area contributed by atoms with Gasteiger partial charge in [0, 0.05) is 6.54 Å². The summed E-state index contributed by atoms with van der Waals surface area (Å²) in [5, 5.41) is 14.1. The maximum atomic E-state index is 11.9. The first-order valence-electron chi connectivity index (χ1n) is 8.42. The highest BCUT2D eigenvalue weighted by atomic mass is 16.5. The molecular formula is C18H23N3O3. The van der Waals surface area contributed by atoms with Crippen LogP contribution in [0.1, 0.15) is 30.7 Å². The Hall–Kier alpha value is -2.18. The van der Waals surface area contributed by atoms with Gasteiger partial charge in [0.2, 0.25) is 0 Å². The van der Waals surface area contributed by atoms with Gasteiger partial charge in [0.25, 0.3) is 0 Å². The third-order valence-electron chi connectivity index (χ3n) is 4.25. The molecule has 3 rings (SSSR count). The molecule has 0 saturated carbocycles. The van der Waals surface area contributed by atoms with Crippen LogP contribution in [0.2, 0.25) is 0 Å². The molecule has 0 radical (unpaired) electrons. The first-order chi connectivity index (χ1) is 11.7. The van der Waals surface area contributed by atoms with Crippen molar-refractivity contribution in [1.82, 2.24) is 14.6 Å². The number of likely N-dealkylation sites (tertiary alicyclic amines) is 1. The highest BCUT2D eigenvalue weighted by Gasteiger charge is 2.17. The molecule has 6 heteroatoms. The molecule has 1 saturated heterocycles. The van der Waals surface area contributed by atoms with Gasteiger partial charge in [-0.3, -0.25) is 9.09 Å². The van der Waals surface area contributed by atoms with Gasteiger partial charge in [0.1, 0.15) is 0 Å². The monoisotopic (exact) mass is 329 g/mol. The van der Waals surface area contributed by atoms with Crippen LogP contribution in [-0.4, -0.2) is 45.5 Å². The van der Waals surface area contributed by atoms with E-state index in [0.717, 1.165) is 18.7 Å². The van der Waals surface area contributed by atoms with Crippen LogP contribution in [-0.2, 0) is 6.54 Å². The van der Waals surface area contributed by atoms with Gasteiger partial charge in [-0.15, -0.1) is 0 Å². The lowest BCUT2D eigenvalue weighted by molar-refractivity contribution is 0.0866. The number of hydrogen-bond acceptors (Lipinski definition) is 5. The number of β-amino-alcohol motifs (C(OH)–C–C–N with tert-alkyl or cyclic N) is 1. The Balaban J connectivity index is 1.66. The second kappa shape index (κ2) is 8.08. The van der Waals surface area contributed by atoms with Gasteiger partial charge in [-0.25, -0.2) is 4.79 Å². The van der Waals surface area contributed by atoms with Crippen molar-refractivity contribution in [3.63, 3.8) is 0 Å². The highest BCUT2D eigenvalue weighted by Crippen LogP contribution is 2.10. The molecular weight excluding hydrogens is 306 g/mol. The highest BCUT2D eigenvalue weighted by molar-refractivity contribution is 5.66. The fourth-order valence-electron chi connectivity index (χ4n) is 3.01. The molecule has 1 aromatic heterocycles. The van der Waals surface area contributed by atoms with E-state index in [0.29, 0.717) is 12.4 Å². The SMILES string of the molecule is O=c1onc(C=Cc2ccccc2)n1CC(O)CN1CCCCC1. The van der Waals surface area contributed by atoms with E-state index in [1.165, 1.54) is 23.8 Å². The minimum Gasteiger partial charge on any atom is -0.390 e. The number of aromatic nitrogens is 2. The Kier molecular flexibility index (Phi) is 5.61. The summed E-state index contributed by atoms with van der Waals surface area (Å²) in [6, 6.07) is 9.75. The summed E-state index contributed by atoms with van der Waals surface area (Å²) in [5.74, 6) is -0.123. The Morgan fingerprint density at radius 1 is 1.12 bits per heavy atom. The molecule has 1 atom stereocenters. The molecule has 6 nitrogen and oxygen atoms in total. The predicted octanol–water partition coefficient (Wildman–Crippen LogP) is 1.85. The van der Waals surface area contributed by atoms with Crippen LogP contribution in [0.25, 0.3) is 12.2 Å². The number of benzene rings is 1. The number of aliphatic hydroxyl groups is 1. The summed E-state index contributed by atoms with van der Waals surface area (Å²) in [6.07, 6.45) is 6.57. The molecule has 128 valence electrons. The van der Waals surface area contributed by atoms with Crippen molar-refractivity contribution in [2.75, 3.05) is 19.6 Å². The second-order valence-corrected chi connectivity index (χ2v) is 6.18. The molecule has 0 aliphatic carbocycles. The third-order valence-corrected chi connectivity index (χ3v) is 4.25. The van der Waals surface area contributed by atoms with Crippen molar-refractivity contribution in [2.45, 2.75) is 31.9 Å². The van der Waals surface area contributed by atoms with Crippen LogP contribution < -0.4 is 5.76 Å². The fourth-order valence-corrected chi connectivity index (χ4v) is 3.01. The molecule has 1 aliphatic rings. The zero-order valence-corrected chi connectivity index (χ0v) is 13.7. The van der Waals surface area contributed by atoms with Gasteiger partial charge in [-0.05, 0) is 37.6 Å². The maximum Gasteiger partial charge on any atom is 0.441 e. The van der Waals surface area contributed by atoms with Crippen molar-refractivity contribution >= 4 is 12.2 Å². The lowest BCUT2D eigenvalue weighted by Crippen LogP contribution is -2.39. The van der Waals surface area contributed by atoms with Crippen LogP contribution in [0.5, 0.6) is 0 Å². The van der Waals surface area contributed by atoms with E-state index in [9.17, 15) is 9.90 Å². The molecule has 0 bridgehead atoms. The van der Waals surface area contributed by atoms with Crippen LogP contribution in [0.3, 0.4) is 0 Å². The average Bonchev–Trinajstić information content (AvgIpc) is 2.95. The van der Waals surface area contributed by atoms with Crippen LogP contribution in [0.4, 0.5) is 0 Å². The molecule has 1 unspecified atom stereocenters. The van der Waals surface area contributed by atoms with Crippen molar-refractivity contribution in [3.05, 3.63) is 52.3 Å². The molecule has 0 amide bonds. The van der Waals surface area contributed by atoms with Crippen molar-refractivity contribution in [1.29, 1.82) is 0 Å². The number of nitrogens with zero attached hydrogens (tertiary/aromatic N) is 3. The predicted molar refractivity (Wildman–Crippen MR) is 92.4 cm³/mol. The Bertz CT molecular complexity index is 715. The molecule has 1 fully saturated rings. The minimum atomic E-state index is -0.621. The largest absolute Gasteiger partial charge is 0.441 e. The zero-order chi connectivity index (χ0) is 16.8. The van der Waals surface area contributed by atoms with Crippen LogP contribution in [0, 0.1) is 0 Å². The summed E-state index contributed by atoms with van der Waals surface area (Å²) in [4.78, 5) is 14.1. The van der Waals surface area contributed by atoms with E-state index in [-0.39, 0.29) is 6.54 Å².